The van der Waals surface area contributed by atoms with Crippen LogP contribution in [0.4, 0.5) is 5.69 Å². The Morgan fingerprint density at radius 1 is 1.02 bits per heavy atom. The van der Waals surface area contributed by atoms with E-state index in [0.717, 1.165) is 39.6 Å². The molecule has 2 aromatic heterocycles. The fraction of sp³-hybridized carbons (Fsp3) is 0.250. The molecule has 5 rings (SSSR count). The topological polar surface area (TPSA) is 88.5 Å². The summed E-state index contributed by atoms with van der Waals surface area (Å²) < 4.78 is 7.13. The third kappa shape index (κ3) is 5.71. The van der Waals surface area contributed by atoms with E-state index in [1.54, 1.807) is 12.3 Å². The number of carbonyl (C=O) groups excluding carboxylic acids is 2. The molecule has 2 N–H and O–H groups in total. The number of anilines is 1. The molecule has 2 atom stereocenters. The second kappa shape index (κ2) is 11.9. The summed E-state index contributed by atoms with van der Waals surface area (Å²) in [5.41, 5.74) is 6.88. The van der Waals surface area contributed by atoms with Crippen LogP contribution in [0.3, 0.4) is 0 Å². The molecule has 0 unspecified atom stereocenters. The average molecular weight is 568 g/mol. The van der Waals surface area contributed by atoms with Crippen molar-refractivity contribution in [2.24, 2.45) is 0 Å². The quantitative estimate of drug-likeness (QED) is 0.212. The number of esters is 1. The molecule has 0 spiro atoms. The van der Waals surface area contributed by atoms with Gasteiger partial charge in [0, 0.05) is 36.2 Å². The second-order valence-corrected chi connectivity index (χ2v) is 10.5. The van der Waals surface area contributed by atoms with E-state index in [1.165, 1.54) is 7.11 Å². The molecule has 3 heterocycles. The Morgan fingerprint density at radius 3 is 2.54 bits per heavy atom. The minimum atomic E-state index is -0.397. The van der Waals surface area contributed by atoms with Crippen molar-refractivity contribution in [2.75, 3.05) is 19.0 Å². The van der Waals surface area contributed by atoms with E-state index >= 15 is 0 Å². The molecular formula is C32H33N5O3S. The van der Waals surface area contributed by atoms with Gasteiger partial charge in [-0.3, -0.25) is 9.78 Å². The number of amides is 1. The number of aromatic nitrogens is 2. The Labute approximate surface area is 245 Å². The number of nitrogens with zero attached hydrogens (tertiary/aromatic N) is 3. The molecule has 4 aromatic rings. The third-order valence-corrected chi connectivity index (χ3v) is 7.77. The van der Waals surface area contributed by atoms with Gasteiger partial charge in [0.2, 0.25) is 5.91 Å². The highest BCUT2D eigenvalue weighted by atomic mass is 32.1. The Bertz CT molecular complexity index is 1600. The number of nitrogens with one attached hydrogen (secondary N) is 2. The maximum absolute atomic E-state index is 13.0. The predicted octanol–water partition coefficient (Wildman–Crippen LogP) is 5.59. The lowest BCUT2D eigenvalue weighted by atomic mass is 9.96. The number of thiocarbonyl (C=S) groups is 1. The predicted molar refractivity (Wildman–Crippen MR) is 163 cm³/mol. The van der Waals surface area contributed by atoms with Crippen molar-refractivity contribution in [3.05, 3.63) is 113 Å². The molecule has 0 bridgehead atoms. The molecule has 1 fully saturated rings. The summed E-state index contributed by atoms with van der Waals surface area (Å²) in [6, 6.07) is 22.6. The molecule has 0 saturated carbocycles. The molecule has 1 amide bonds. The number of hydrogen-bond acceptors (Lipinski definition) is 5. The lowest BCUT2D eigenvalue weighted by Crippen LogP contribution is -2.33. The van der Waals surface area contributed by atoms with Crippen molar-refractivity contribution < 1.29 is 14.3 Å². The zero-order valence-electron chi connectivity index (χ0n) is 23.5. The molecule has 41 heavy (non-hydrogen) atoms. The zero-order chi connectivity index (χ0) is 29.1. The summed E-state index contributed by atoms with van der Waals surface area (Å²) in [6.45, 7) is 6.46. The van der Waals surface area contributed by atoms with Crippen LogP contribution in [0.1, 0.15) is 57.1 Å². The van der Waals surface area contributed by atoms with E-state index in [4.69, 9.17) is 17.0 Å². The number of ether oxygens (including phenoxy) is 1. The molecule has 210 valence electrons. The minimum Gasteiger partial charge on any atom is -0.465 e. The molecular weight excluding hydrogens is 534 g/mol. The zero-order valence-corrected chi connectivity index (χ0v) is 24.4. The van der Waals surface area contributed by atoms with Gasteiger partial charge in [-0.25, -0.2) is 4.79 Å². The summed E-state index contributed by atoms with van der Waals surface area (Å²) in [7, 11) is 1.38. The number of aryl methyl sites for hydroxylation is 2. The SMILES string of the molecule is COC(=O)c1ccccc1-n1c(C)cc([C@@H]2[C@H](c3ccccn3)NC(=S)N2CCC(=O)Nc2cccc(C)c2)c1C. The summed E-state index contributed by atoms with van der Waals surface area (Å²) in [5.74, 6) is -0.484. The van der Waals surface area contributed by atoms with E-state index in [9.17, 15) is 9.59 Å². The van der Waals surface area contributed by atoms with Crippen LogP contribution >= 0.6 is 12.2 Å². The van der Waals surface area contributed by atoms with E-state index in [1.807, 2.05) is 81.4 Å². The summed E-state index contributed by atoms with van der Waals surface area (Å²) >= 11 is 5.83. The monoisotopic (exact) mass is 567 g/mol. The van der Waals surface area contributed by atoms with Crippen molar-refractivity contribution in [3.8, 4) is 5.69 Å². The molecule has 0 aliphatic carbocycles. The molecule has 8 nitrogen and oxygen atoms in total. The summed E-state index contributed by atoms with van der Waals surface area (Å²) in [6.07, 6.45) is 2.02. The molecule has 0 radical (unpaired) electrons. The van der Waals surface area contributed by atoms with Crippen molar-refractivity contribution in [2.45, 2.75) is 39.3 Å². The number of rotatable bonds is 8. The van der Waals surface area contributed by atoms with Crippen LogP contribution in [0.5, 0.6) is 0 Å². The fourth-order valence-electron chi connectivity index (χ4n) is 5.56. The Morgan fingerprint density at radius 2 is 1.80 bits per heavy atom. The fourth-order valence-corrected chi connectivity index (χ4v) is 5.89. The molecule has 2 aromatic carbocycles. The summed E-state index contributed by atoms with van der Waals surface area (Å²) in [5, 5.41) is 7.03. The van der Waals surface area contributed by atoms with Gasteiger partial charge in [-0.1, -0.05) is 30.3 Å². The standard InChI is InChI=1S/C32H33N5O3S/c1-20-10-9-11-23(18-20)34-28(38)15-17-36-30(29(35-32(36)41)26-13-7-8-16-33-26)25-19-21(2)37(22(25)3)27-14-6-5-12-24(27)31(39)40-4/h5-14,16,18-19,29-30H,15,17H2,1-4H3,(H,34,38)(H,35,41)/t29-,30+/m0/s1. The first-order valence-electron chi connectivity index (χ1n) is 13.5. The van der Waals surface area contributed by atoms with Gasteiger partial charge in [-0.15, -0.1) is 0 Å². The molecule has 1 saturated heterocycles. The third-order valence-electron chi connectivity index (χ3n) is 7.42. The van der Waals surface area contributed by atoms with E-state index < -0.39 is 5.97 Å². The van der Waals surface area contributed by atoms with E-state index in [-0.39, 0.29) is 24.4 Å². The van der Waals surface area contributed by atoms with Crippen molar-refractivity contribution in [1.82, 2.24) is 19.8 Å². The average Bonchev–Trinajstić information content (AvgIpc) is 3.45. The Hall–Kier alpha value is -4.50. The lowest BCUT2D eigenvalue weighted by Gasteiger charge is -2.28. The molecule has 1 aliphatic heterocycles. The van der Waals surface area contributed by atoms with E-state index in [0.29, 0.717) is 17.2 Å². The highest BCUT2D eigenvalue weighted by Crippen LogP contribution is 2.41. The van der Waals surface area contributed by atoms with Crippen molar-refractivity contribution >= 4 is 34.9 Å². The molecule has 1 aliphatic rings. The number of hydrogen-bond donors (Lipinski definition) is 2. The van der Waals surface area contributed by atoms with Crippen molar-refractivity contribution in [1.29, 1.82) is 0 Å². The van der Waals surface area contributed by atoms with Crippen LogP contribution < -0.4 is 10.6 Å². The maximum atomic E-state index is 13.0. The van der Waals surface area contributed by atoms with Gasteiger partial charge in [0.25, 0.3) is 0 Å². The maximum Gasteiger partial charge on any atom is 0.339 e. The van der Waals surface area contributed by atoms with Gasteiger partial charge in [0.05, 0.1) is 36.1 Å². The van der Waals surface area contributed by atoms with Gasteiger partial charge in [0.1, 0.15) is 0 Å². The lowest BCUT2D eigenvalue weighted by molar-refractivity contribution is -0.116. The van der Waals surface area contributed by atoms with Crippen LogP contribution in [0.2, 0.25) is 0 Å². The minimum absolute atomic E-state index is 0.0871. The van der Waals surface area contributed by atoms with Gasteiger partial charge < -0.3 is 24.8 Å². The van der Waals surface area contributed by atoms with Gasteiger partial charge in [0.15, 0.2) is 5.11 Å². The van der Waals surface area contributed by atoms with Crippen LogP contribution in [-0.2, 0) is 9.53 Å². The largest absolute Gasteiger partial charge is 0.465 e. The van der Waals surface area contributed by atoms with Crippen molar-refractivity contribution in [3.63, 3.8) is 0 Å². The molecule has 9 heteroatoms. The number of benzene rings is 2. The first kappa shape index (κ1) is 28.0. The second-order valence-electron chi connectivity index (χ2n) is 10.2. The van der Waals surface area contributed by atoms with Crippen LogP contribution in [0.15, 0.2) is 79.0 Å². The first-order valence-corrected chi connectivity index (χ1v) is 13.9. The van der Waals surface area contributed by atoms with Gasteiger partial charge in [-0.05, 0) is 86.6 Å². The van der Waals surface area contributed by atoms with Gasteiger partial charge >= 0.3 is 5.97 Å². The number of para-hydroxylation sites is 1. The Balaban J connectivity index is 1.51. The smallest absolute Gasteiger partial charge is 0.339 e. The Kier molecular flexibility index (Phi) is 8.16. The normalized spacial score (nSPS) is 16.4. The van der Waals surface area contributed by atoms with Crippen LogP contribution in [0, 0.1) is 20.8 Å². The van der Waals surface area contributed by atoms with Crippen LogP contribution in [0.25, 0.3) is 5.69 Å². The van der Waals surface area contributed by atoms with E-state index in [2.05, 4.69) is 31.2 Å². The highest BCUT2D eigenvalue weighted by molar-refractivity contribution is 7.80. The van der Waals surface area contributed by atoms with Crippen LogP contribution in [-0.4, -0.2) is 45.1 Å². The highest BCUT2D eigenvalue weighted by Gasteiger charge is 2.41. The number of pyridine rings is 1. The van der Waals surface area contributed by atoms with Gasteiger partial charge in [-0.2, -0.15) is 0 Å². The number of methoxy groups -OCH3 is 1. The first-order chi connectivity index (χ1) is 19.8. The summed E-state index contributed by atoms with van der Waals surface area (Å²) in [4.78, 5) is 32.3. The number of carbonyl (C=O) groups is 2.